The van der Waals surface area contributed by atoms with Crippen LogP contribution in [0, 0.1) is 0 Å². The number of aliphatic hydroxyl groups is 1. The highest BCUT2D eigenvalue weighted by molar-refractivity contribution is 6.40. The standard InChI is InChI=1S/C31H33Cl2FN6O5/c1-2-45-30(44)25(40-29(43)27-23(32)12-20(13-24(27)33)18-7-4-3-5-8-18)16-35-26(41)17-36-28(42)19-9-6-10-22(11-19)39-31-37-14-21(34)15-38-31/h3-13,21,25,30,44H,2,14-17H2,1H3,(H,35,41)(H,36,42)(H,40,43)(H2,37,38,39)/t25-,30?/m1/s1. The second kappa shape index (κ2) is 16.2. The van der Waals surface area contributed by atoms with Crippen molar-refractivity contribution in [1.29, 1.82) is 0 Å². The summed E-state index contributed by atoms with van der Waals surface area (Å²) >= 11 is 12.9. The van der Waals surface area contributed by atoms with Crippen molar-refractivity contribution in [2.24, 2.45) is 4.99 Å². The summed E-state index contributed by atoms with van der Waals surface area (Å²) in [6.07, 6.45) is -2.52. The molecule has 0 saturated heterocycles. The van der Waals surface area contributed by atoms with Crippen LogP contribution in [-0.2, 0) is 9.53 Å². The Hall–Kier alpha value is -4.23. The molecule has 4 rings (SSSR count). The van der Waals surface area contributed by atoms with Crippen molar-refractivity contribution in [3.05, 3.63) is 87.9 Å². The lowest BCUT2D eigenvalue weighted by Gasteiger charge is -2.25. The summed E-state index contributed by atoms with van der Waals surface area (Å²) in [6, 6.07) is 18.0. The topological polar surface area (TPSA) is 153 Å². The Morgan fingerprint density at radius 1 is 1.02 bits per heavy atom. The quantitative estimate of drug-likeness (QED) is 0.163. The molecule has 0 fully saturated rings. The van der Waals surface area contributed by atoms with Gasteiger partial charge in [0.05, 0.1) is 41.3 Å². The van der Waals surface area contributed by atoms with Gasteiger partial charge in [-0.25, -0.2) is 9.38 Å². The molecule has 0 radical (unpaired) electrons. The number of hydrogen-bond donors (Lipinski definition) is 6. The Kier molecular flexibility index (Phi) is 12.1. The average molecular weight is 660 g/mol. The predicted octanol–water partition coefficient (Wildman–Crippen LogP) is 3.37. The van der Waals surface area contributed by atoms with E-state index in [-0.39, 0.29) is 54.0 Å². The van der Waals surface area contributed by atoms with Crippen LogP contribution in [0.15, 0.2) is 71.7 Å². The van der Waals surface area contributed by atoms with E-state index in [4.69, 9.17) is 27.9 Å². The van der Waals surface area contributed by atoms with Crippen LogP contribution in [-0.4, -0.2) is 80.1 Å². The number of nitrogens with zero attached hydrogens (tertiary/aromatic N) is 1. The Morgan fingerprint density at radius 3 is 2.42 bits per heavy atom. The van der Waals surface area contributed by atoms with Gasteiger partial charge in [-0.15, -0.1) is 0 Å². The van der Waals surface area contributed by atoms with Crippen molar-refractivity contribution in [2.75, 3.05) is 38.1 Å². The van der Waals surface area contributed by atoms with Crippen LogP contribution < -0.4 is 26.6 Å². The number of amides is 3. The fourth-order valence-corrected chi connectivity index (χ4v) is 5.02. The Labute approximate surface area is 269 Å². The summed E-state index contributed by atoms with van der Waals surface area (Å²) in [7, 11) is 0. The molecule has 0 bridgehead atoms. The smallest absolute Gasteiger partial charge is 0.254 e. The van der Waals surface area contributed by atoms with Crippen molar-refractivity contribution in [3.8, 4) is 11.1 Å². The monoisotopic (exact) mass is 658 g/mol. The third-order valence-corrected chi connectivity index (χ3v) is 7.23. The Balaban J connectivity index is 1.33. The highest BCUT2D eigenvalue weighted by atomic mass is 35.5. The highest BCUT2D eigenvalue weighted by Crippen LogP contribution is 2.32. The fourth-order valence-electron chi connectivity index (χ4n) is 4.36. The minimum absolute atomic E-state index is 0.0000268. The summed E-state index contributed by atoms with van der Waals surface area (Å²) in [5.41, 5.74) is 2.41. The molecule has 0 aromatic heterocycles. The summed E-state index contributed by atoms with van der Waals surface area (Å²) < 4.78 is 18.5. The maximum absolute atomic E-state index is 13.3. The molecular weight excluding hydrogens is 626 g/mol. The largest absolute Gasteiger partial charge is 0.366 e. The van der Waals surface area contributed by atoms with Crippen LogP contribution in [0.1, 0.15) is 27.6 Å². The van der Waals surface area contributed by atoms with E-state index in [9.17, 15) is 23.9 Å². The normalized spacial score (nSPS) is 15.6. The van der Waals surface area contributed by atoms with E-state index in [1.54, 1.807) is 43.3 Å². The van der Waals surface area contributed by atoms with E-state index in [0.717, 1.165) is 11.1 Å². The van der Waals surface area contributed by atoms with Gasteiger partial charge in [-0.1, -0.05) is 59.6 Å². The lowest BCUT2D eigenvalue weighted by molar-refractivity contribution is -0.124. The third kappa shape index (κ3) is 9.63. The zero-order valence-electron chi connectivity index (χ0n) is 24.3. The first-order valence-electron chi connectivity index (χ1n) is 14.1. The maximum atomic E-state index is 13.3. The number of hydrogen-bond acceptors (Lipinski definition) is 8. The molecule has 2 unspecified atom stereocenters. The van der Waals surface area contributed by atoms with Gasteiger partial charge in [0.1, 0.15) is 6.17 Å². The third-order valence-electron chi connectivity index (χ3n) is 6.63. The van der Waals surface area contributed by atoms with Crippen LogP contribution in [0.4, 0.5) is 10.1 Å². The molecule has 0 aliphatic carbocycles. The summed E-state index contributed by atoms with van der Waals surface area (Å²) in [6.45, 7) is 1.37. The highest BCUT2D eigenvalue weighted by Gasteiger charge is 2.26. The number of anilines is 1. The van der Waals surface area contributed by atoms with Gasteiger partial charge in [0, 0.05) is 24.4 Å². The Bertz CT molecular complexity index is 1520. The van der Waals surface area contributed by atoms with Crippen LogP contribution in [0.2, 0.25) is 10.0 Å². The molecule has 1 aliphatic rings. The molecule has 14 heteroatoms. The Morgan fingerprint density at radius 2 is 1.76 bits per heavy atom. The lowest BCUT2D eigenvalue weighted by atomic mass is 10.0. The lowest BCUT2D eigenvalue weighted by Crippen LogP contribution is -2.52. The molecule has 238 valence electrons. The van der Waals surface area contributed by atoms with Gasteiger partial charge in [-0.05, 0) is 48.4 Å². The molecule has 6 N–H and O–H groups in total. The first-order chi connectivity index (χ1) is 21.6. The number of nitrogens with one attached hydrogen (secondary N) is 5. The SMILES string of the molecule is CCOC(O)[C@@H](CNC(=O)CNC(=O)c1cccc(NC2=NCC(F)CN2)c1)NC(=O)c1c(Cl)cc(-c2ccccc2)cc1Cl. The second-order valence-electron chi connectivity index (χ2n) is 9.97. The van der Waals surface area contributed by atoms with E-state index in [0.29, 0.717) is 11.6 Å². The molecule has 3 aromatic rings. The number of alkyl halides is 1. The number of aliphatic hydroxyl groups excluding tert-OH is 1. The van der Waals surface area contributed by atoms with Gasteiger partial charge in [-0.3, -0.25) is 14.4 Å². The molecule has 0 spiro atoms. The zero-order chi connectivity index (χ0) is 32.3. The number of rotatable bonds is 12. The van der Waals surface area contributed by atoms with Gasteiger partial charge in [0.25, 0.3) is 11.8 Å². The number of benzene rings is 3. The summed E-state index contributed by atoms with van der Waals surface area (Å²) in [5, 5.41) is 24.2. The summed E-state index contributed by atoms with van der Waals surface area (Å²) in [5.74, 6) is -1.38. The fraction of sp³-hybridized carbons (Fsp3) is 0.290. The van der Waals surface area contributed by atoms with Crippen molar-refractivity contribution in [3.63, 3.8) is 0 Å². The molecule has 3 aromatic carbocycles. The van der Waals surface area contributed by atoms with E-state index in [1.807, 2.05) is 30.3 Å². The van der Waals surface area contributed by atoms with Crippen molar-refractivity contribution in [2.45, 2.75) is 25.4 Å². The molecular formula is C31H33Cl2FN6O5. The van der Waals surface area contributed by atoms with Gasteiger partial charge < -0.3 is 36.4 Å². The number of carbonyl (C=O) groups excluding carboxylic acids is 3. The van der Waals surface area contributed by atoms with E-state index >= 15 is 0 Å². The van der Waals surface area contributed by atoms with E-state index < -0.39 is 36.2 Å². The van der Waals surface area contributed by atoms with Crippen LogP contribution in [0.25, 0.3) is 11.1 Å². The van der Waals surface area contributed by atoms with Crippen LogP contribution in [0.5, 0.6) is 0 Å². The van der Waals surface area contributed by atoms with Gasteiger partial charge in [0.2, 0.25) is 5.91 Å². The number of halogens is 3. The second-order valence-corrected chi connectivity index (χ2v) is 10.8. The molecule has 45 heavy (non-hydrogen) atoms. The molecule has 0 saturated carbocycles. The van der Waals surface area contributed by atoms with Crippen molar-refractivity contribution >= 4 is 52.6 Å². The van der Waals surface area contributed by atoms with Crippen LogP contribution >= 0.6 is 23.2 Å². The van der Waals surface area contributed by atoms with Gasteiger partial charge >= 0.3 is 0 Å². The minimum atomic E-state index is -1.47. The number of carbonyl (C=O) groups is 3. The first-order valence-corrected chi connectivity index (χ1v) is 14.9. The first kappa shape index (κ1) is 33.7. The zero-order valence-corrected chi connectivity index (χ0v) is 25.8. The number of aliphatic imine (C=N–C) groups is 1. The van der Waals surface area contributed by atoms with E-state index in [1.165, 1.54) is 0 Å². The number of guanidine groups is 1. The maximum Gasteiger partial charge on any atom is 0.254 e. The molecule has 1 aliphatic heterocycles. The number of ether oxygens (including phenoxy) is 1. The molecule has 3 amide bonds. The van der Waals surface area contributed by atoms with Gasteiger partial charge in [0.15, 0.2) is 12.2 Å². The van der Waals surface area contributed by atoms with E-state index in [2.05, 4.69) is 31.6 Å². The summed E-state index contributed by atoms with van der Waals surface area (Å²) in [4.78, 5) is 42.5. The molecule has 3 atom stereocenters. The average Bonchev–Trinajstić information content (AvgIpc) is 3.03. The molecule has 11 nitrogen and oxygen atoms in total. The van der Waals surface area contributed by atoms with Crippen molar-refractivity contribution in [1.82, 2.24) is 21.3 Å². The molecule has 1 heterocycles. The van der Waals surface area contributed by atoms with Gasteiger partial charge in [-0.2, -0.15) is 0 Å². The van der Waals surface area contributed by atoms with Crippen LogP contribution in [0.3, 0.4) is 0 Å². The minimum Gasteiger partial charge on any atom is -0.366 e. The predicted molar refractivity (Wildman–Crippen MR) is 171 cm³/mol. The van der Waals surface area contributed by atoms with Crippen molar-refractivity contribution < 1.29 is 28.6 Å².